The lowest BCUT2D eigenvalue weighted by molar-refractivity contribution is -0.142. The molecule has 13 nitrogen and oxygen atoms in total. The van der Waals surface area contributed by atoms with Gasteiger partial charge in [-0.3, -0.25) is 14.4 Å². The van der Waals surface area contributed by atoms with Gasteiger partial charge in [0.25, 0.3) is 0 Å². The third-order valence-corrected chi connectivity index (χ3v) is 9.91. The van der Waals surface area contributed by atoms with Crippen molar-refractivity contribution in [2.45, 2.75) is 49.9 Å². The molecular weight excluding hydrogens is 699 g/mol. The molecule has 280 valence electrons. The van der Waals surface area contributed by atoms with Crippen molar-refractivity contribution in [1.29, 1.82) is 0 Å². The molecule has 55 heavy (non-hydrogen) atoms. The number of fused-ring (bicyclic) bond motifs is 3. The second-order valence-electron chi connectivity index (χ2n) is 13.7. The molecular formula is C42H41N7O6. The summed E-state index contributed by atoms with van der Waals surface area (Å²) in [4.78, 5) is 64.1. The van der Waals surface area contributed by atoms with E-state index in [1.807, 2.05) is 79.0 Å². The molecule has 13 heteroatoms. The zero-order chi connectivity index (χ0) is 38.5. The number of nitrogens with one attached hydrogen (secondary N) is 6. The number of phenols is 1. The van der Waals surface area contributed by atoms with Gasteiger partial charge in [-0.15, -0.1) is 0 Å². The molecule has 4 aromatic carbocycles. The molecule has 0 aliphatic heterocycles. The molecule has 0 aliphatic carbocycles. The zero-order valence-electron chi connectivity index (χ0n) is 29.7. The lowest BCUT2D eigenvalue weighted by Gasteiger charge is -2.25. The number of H-pyrrole nitrogens is 3. The Kier molecular flexibility index (Phi) is 10.6. The quantitative estimate of drug-likeness (QED) is 0.0753. The van der Waals surface area contributed by atoms with Crippen molar-refractivity contribution in [3.63, 3.8) is 0 Å². The SMILES string of the molecule is NC(Cc1c[nH]c2ccccc12)C(=O)NC(Cc1c[nH]c2ccccc12)C(=O)NC(Cc1ccc(O)cc1)C(=O)NC(Cc1c[nH]c2ccccc12)C(=O)O. The Hall–Kier alpha value is -6.86. The highest BCUT2D eigenvalue weighted by Crippen LogP contribution is 2.22. The summed E-state index contributed by atoms with van der Waals surface area (Å²) in [7, 11) is 0. The molecule has 0 spiro atoms. The van der Waals surface area contributed by atoms with E-state index in [0.29, 0.717) is 11.1 Å². The number of rotatable bonds is 15. The smallest absolute Gasteiger partial charge is 0.326 e. The zero-order valence-corrected chi connectivity index (χ0v) is 29.7. The molecule has 0 saturated carbocycles. The number of nitrogens with two attached hydrogens (primary N) is 1. The van der Waals surface area contributed by atoms with Crippen LogP contribution in [-0.4, -0.2) is 73.0 Å². The van der Waals surface area contributed by atoms with Crippen LogP contribution in [0.15, 0.2) is 116 Å². The van der Waals surface area contributed by atoms with Gasteiger partial charge in [-0.25, -0.2) is 4.79 Å². The highest BCUT2D eigenvalue weighted by molar-refractivity contribution is 5.95. The van der Waals surface area contributed by atoms with E-state index in [-0.39, 0.29) is 31.4 Å². The summed E-state index contributed by atoms with van der Waals surface area (Å²) in [5, 5.41) is 31.0. The van der Waals surface area contributed by atoms with Crippen LogP contribution in [-0.2, 0) is 44.9 Å². The number of carbonyl (C=O) groups excluding carboxylic acids is 3. The maximum Gasteiger partial charge on any atom is 0.326 e. The summed E-state index contributed by atoms with van der Waals surface area (Å²) in [5.74, 6) is -3.19. The lowest BCUT2D eigenvalue weighted by atomic mass is 10.00. The van der Waals surface area contributed by atoms with Crippen LogP contribution in [0, 0.1) is 0 Å². The molecule has 7 aromatic rings. The summed E-state index contributed by atoms with van der Waals surface area (Å²) in [6.45, 7) is 0. The van der Waals surface area contributed by atoms with Gasteiger partial charge in [0.2, 0.25) is 17.7 Å². The van der Waals surface area contributed by atoms with E-state index in [1.54, 1.807) is 24.5 Å². The normalized spacial score (nSPS) is 13.6. The van der Waals surface area contributed by atoms with Crippen LogP contribution >= 0.6 is 0 Å². The topological polar surface area (TPSA) is 218 Å². The second kappa shape index (κ2) is 16.0. The van der Waals surface area contributed by atoms with Crippen molar-refractivity contribution in [1.82, 2.24) is 30.9 Å². The van der Waals surface area contributed by atoms with Crippen LogP contribution in [0.2, 0.25) is 0 Å². The minimum atomic E-state index is -1.32. The third kappa shape index (κ3) is 8.37. The molecule has 0 bridgehead atoms. The molecule has 0 aliphatic rings. The predicted molar refractivity (Wildman–Crippen MR) is 209 cm³/mol. The van der Waals surface area contributed by atoms with Crippen molar-refractivity contribution in [2.75, 3.05) is 0 Å². The number of aromatic hydroxyl groups is 1. The van der Waals surface area contributed by atoms with Crippen molar-refractivity contribution in [2.24, 2.45) is 5.73 Å². The number of para-hydroxylation sites is 3. The first-order valence-electron chi connectivity index (χ1n) is 18.0. The van der Waals surface area contributed by atoms with Crippen LogP contribution in [0.1, 0.15) is 22.3 Å². The Morgan fingerprint density at radius 1 is 0.527 bits per heavy atom. The van der Waals surface area contributed by atoms with Crippen LogP contribution in [0.25, 0.3) is 32.7 Å². The fraction of sp³-hybridized carbons (Fsp3) is 0.190. The van der Waals surface area contributed by atoms with E-state index >= 15 is 0 Å². The monoisotopic (exact) mass is 739 g/mol. The number of carbonyl (C=O) groups is 4. The number of benzene rings is 4. The van der Waals surface area contributed by atoms with Crippen molar-refractivity contribution >= 4 is 56.4 Å². The Morgan fingerprint density at radius 2 is 0.927 bits per heavy atom. The number of hydrogen-bond donors (Lipinski definition) is 9. The first-order chi connectivity index (χ1) is 26.6. The fourth-order valence-corrected chi connectivity index (χ4v) is 6.98. The number of carboxylic acid groups (broad SMARTS) is 1. The predicted octanol–water partition coefficient (Wildman–Crippen LogP) is 3.97. The first kappa shape index (κ1) is 36.5. The van der Waals surface area contributed by atoms with Crippen LogP contribution in [0.3, 0.4) is 0 Å². The Balaban J connectivity index is 1.14. The van der Waals surface area contributed by atoms with Gasteiger partial charge in [-0.05, 0) is 59.0 Å². The van der Waals surface area contributed by atoms with Crippen molar-refractivity contribution in [3.8, 4) is 5.75 Å². The minimum Gasteiger partial charge on any atom is -0.508 e. The first-order valence-corrected chi connectivity index (χ1v) is 18.0. The minimum absolute atomic E-state index is 0.0154. The van der Waals surface area contributed by atoms with Crippen LogP contribution in [0.5, 0.6) is 5.75 Å². The largest absolute Gasteiger partial charge is 0.508 e. The van der Waals surface area contributed by atoms with E-state index in [2.05, 4.69) is 30.9 Å². The number of aromatic nitrogens is 3. The van der Waals surface area contributed by atoms with E-state index < -0.39 is 47.9 Å². The molecule has 0 fully saturated rings. The van der Waals surface area contributed by atoms with Gasteiger partial charge in [0.15, 0.2) is 0 Å². The molecule has 10 N–H and O–H groups in total. The molecule has 4 unspecified atom stereocenters. The van der Waals surface area contributed by atoms with E-state index in [0.717, 1.165) is 43.8 Å². The van der Waals surface area contributed by atoms with Gasteiger partial charge in [0, 0.05) is 70.6 Å². The van der Waals surface area contributed by atoms with E-state index in [1.165, 1.54) is 12.1 Å². The van der Waals surface area contributed by atoms with Gasteiger partial charge in [-0.2, -0.15) is 0 Å². The average molecular weight is 740 g/mol. The van der Waals surface area contributed by atoms with Crippen LogP contribution in [0.4, 0.5) is 0 Å². The molecule has 0 radical (unpaired) electrons. The molecule has 3 aromatic heterocycles. The van der Waals surface area contributed by atoms with Gasteiger partial charge in [0.05, 0.1) is 6.04 Å². The number of hydrogen-bond acceptors (Lipinski definition) is 6. The summed E-state index contributed by atoms with van der Waals surface area (Å²) in [6.07, 6.45) is 5.51. The molecule has 3 amide bonds. The summed E-state index contributed by atoms with van der Waals surface area (Å²) in [6, 6.07) is 24.1. The lowest BCUT2D eigenvalue weighted by Crippen LogP contribution is -2.58. The molecule has 7 rings (SSSR count). The number of carboxylic acids is 1. The van der Waals surface area contributed by atoms with E-state index in [4.69, 9.17) is 5.73 Å². The molecule has 4 atom stereocenters. The van der Waals surface area contributed by atoms with Crippen molar-refractivity contribution < 1.29 is 29.4 Å². The van der Waals surface area contributed by atoms with Gasteiger partial charge >= 0.3 is 5.97 Å². The van der Waals surface area contributed by atoms with E-state index in [9.17, 15) is 29.4 Å². The van der Waals surface area contributed by atoms with Crippen molar-refractivity contribution in [3.05, 3.63) is 138 Å². The Morgan fingerprint density at radius 3 is 1.42 bits per heavy atom. The molecule has 3 heterocycles. The number of phenolic OH excluding ortho intramolecular Hbond substituents is 1. The fourth-order valence-electron chi connectivity index (χ4n) is 6.98. The number of aromatic amines is 3. The maximum absolute atomic E-state index is 14.3. The third-order valence-electron chi connectivity index (χ3n) is 9.91. The highest BCUT2D eigenvalue weighted by Gasteiger charge is 2.32. The van der Waals surface area contributed by atoms with Crippen LogP contribution < -0.4 is 21.7 Å². The highest BCUT2D eigenvalue weighted by atomic mass is 16.4. The summed E-state index contributed by atoms with van der Waals surface area (Å²) >= 11 is 0. The second-order valence-corrected chi connectivity index (χ2v) is 13.7. The Bertz CT molecular complexity index is 2480. The standard InChI is InChI=1S/C42H41N7O6/c43-32(18-25-21-44-33-10-4-1-7-29(25)33)39(51)47-37(19-26-22-45-34-11-5-2-8-30(26)34)41(53)48-36(17-24-13-15-28(50)16-14-24)40(52)49-38(42(54)55)20-27-23-46-35-12-6-3-9-31(27)35/h1-16,21-23,32,36-38,44-46,50H,17-20,43H2,(H,47,51)(H,48,53)(H,49,52)(H,54,55). The Labute approximate surface area is 315 Å². The average Bonchev–Trinajstić information content (AvgIpc) is 3.92. The van der Waals surface area contributed by atoms with Gasteiger partial charge in [0.1, 0.15) is 23.9 Å². The van der Waals surface area contributed by atoms with Gasteiger partial charge in [-0.1, -0.05) is 66.7 Å². The number of aliphatic carboxylic acids is 1. The van der Waals surface area contributed by atoms with Gasteiger partial charge < -0.3 is 46.8 Å². The summed E-state index contributed by atoms with van der Waals surface area (Å²) in [5.41, 5.74) is 11.9. The number of amides is 3. The summed E-state index contributed by atoms with van der Waals surface area (Å²) < 4.78 is 0. The maximum atomic E-state index is 14.3. The molecule has 0 saturated heterocycles.